The van der Waals surface area contributed by atoms with Crippen molar-refractivity contribution in [2.24, 2.45) is 0 Å². The standard InChI is InChI=1S/C8H12N2O2S/c1-6(8(11)12-2)9-3-7-4-13-5-10-7/h4-6,9H,3H2,1-2H3/t6-/m1/s1. The fourth-order valence-corrected chi connectivity index (χ4v) is 1.40. The Morgan fingerprint density at radius 2 is 2.62 bits per heavy atom. The number of hydrogen-bond acceptors (Lipinski definition) is 5. The molecule has 1 rings (SSSR count). The molecule has 13 heavy (non-hydrogen) atoms. The molecule has 0 amide bonds. The van der Waals surface area contributed by atoms with Gasteiger partial charge >= 0.3 is 5.97 Å². The normalized spacial score (nSPS) is 12.5. The van der Waals surface area contributed by atoms with E-state index in [0.29, 0.717) is 6.54 Å². The van der Waals surface area contributed by atoms with Gasteiger partial charge in [-0.2, -0.15) is 0 Å². The topological polar surface area (TPSA) is 51.2 Å². The lowest BCUT2D eigenvalue weighted by atomic mass is 10.3. The maximum atomic E-state index is 11.0. The average Bonchev–Trinajstić information content (AvgIpc) is 2.65. The summed E-state index contributed by atoms with van der Waals surface area (Å²) in [6, 6.07) is -0.285. The second-order valence-electron chi connectivity index (χ2n) is 2.61. The highest BCUT2D eigenvalue weighted by molar-refractivity contribution is 7.07. The van der Waals surface area contributed by atoms with Gasteiger partial charge in [0.2, 0.25) is 0 Å². The average molecular weight is 200 g/mol. The summed E-state index contributed by atoms with van der Waals surface area (Å²) in [5, 5.41) is 4.95. The highest BCUT2D eigenvalue weighted by Crippen LogP contribution is 2.00. The van der Waals surface area contributed by atoms with Crippen LogP contribution in [0.4, 0.5) is 0 Å². The first-order chi connectivity index (χ1) is 6.24. The van der Waals surface area contributed by atoms with E-state index in [1.165, 1.54) is 18.4 Å². The van der Waals surface area contributed by atoms with Crippen molar-refractivity contribution in [3.8, 4) is 0 Å². The summed E-state index contributed by atoms with van der Waals surface area (Å²) in [5.41, 5.74) is 2.71. The Hall–Kier alpha value is -0.940. The van der Waals surface area contributed by atoms with Crippen LogP contribution in [0.25, 0.3) is 0 Å². The lowest BCUT2D eigenvalue weighted by Gasteiger charge is -2.09. The summed E-state index contributed by atoms with van der Waals surface area (Å²) >= 11 is 1.54. The van der Waals surface area contributed by atoms with Crippen molar-refractivity contribution >= 4 is 17.3 Å². The van der Waals surface area contributed by atoms with E-state index in [2.05, 4.69) is 15.0 Å². The molecule has 0 aliphatic heterocycles. The zero-order valence-corrected chi connectivity index (χ0v) is 8.43. The Kier molecular flexibility index (Phi) is 3.85. The van der Waals surface area contributed by atoms with Crippen molar-refractivity contribution < 1.29 is 9.53 Å². The number of carbonyl (C=O) groups is 1. The van der Waals surface area contributed by atoms with Crippen LogP contribution in [-0.4, -0.2) is 24.1 Å². The summed E-state index contributed by atoms with van der Waals surface area (Å²) in [4.78, 5) is 15.0. The number of rotatable bonds is 4. The van der Waals surface area contributed by atoms with Gasteiger partial charge in [-0.25, -0.2) is 4.98 Å². The smallest absolute Gasteiger partial charge is 0.322 e. The van der Waals surface area contributed by atoms with Gasteiger partial charge in [0, 0.05) is 11.9 Å². The molecule has 5 heteroatoms. The molecular weight excluding hydrogens is 188 g/mol. The Bertz CT molecular complexity index is 261. The number of hydrogen-bond donors (Lipinski definition) is 1. The zero-order valence-electron chi connectivity index (χ0n) is 7.61. The molecule has 1 atom stereocenters. The molecule has 1 N–H and O–H groups in total. The van der Waals surface area contributed by atoms with E-state index < -0.39 is 0 Å². The number of carbonyl (C=O) groups excluding carboxylic acids is 1. The minimum absolute atomic E-state index is 0.254. The number of thiazole rings is 1. The second kappa shape index (κ2) is 4.94. The Labute approximate surface area is 80.9 Å². The molecule has 4 nitrogen and oxygen atoms in total. The van der Waals surface area contributed by atoms with Crippen LogP contribution < -0.4 is 5.32 Å². The summed E-state index contributed by atoms with van der Waals surface area (Å²) in [5.74, 6) is -0.254. The lowest BCUT2D eigenvalue weighted by Crippen LogP contribution is -2.34. The molecule has 0 aliphatic carbocycles. The highest BCUT2D eigenvalue weighted by atomic mass is 32.1. The van der Waals surface area contributed by atoms with E-state index >= 15 is 0 Å². The zero-order chi connectivity index (χ0) is 9.68. The van der Waals surface area contributed by atoms with E-state index in [1.54, 1.807) is 12.4 Å². The maximum Gasteiger partial charge on any atom is 0.322 e. The molecule has 0 aromatic carbocycles. The quantitative estimate of drug-likeness (QED) is 0.730. The predicted octanol–water partition coefficient (Wildman–Crippen LogP) is 0.794. The van der Waals surface area contributed by atoms with E-state index in [9.17, 15) is 4.79 Å². The number of methoxy groups -OCH3 is 1. The van der Waals surface area contributed by atoms with Crippen molar-refractivity contribution in [1.29, 1.82) is 0 Å². The summed E-state index contributed by atoms with van der Waals surface area (Å²) in [6.07, 6.45) is 0. The number of ether oxygens (including phenoxy) is 1. The molecule has 0 radical (unpaired) electrons. The fourth-order valence-electron chi connectivity index (χ4n) is 0.843. The third kappa shape index (κ3) is 3.12. The molecule has 0 fully saturated rings. The van der Waals surface area contributed by atoms with Crippen molar-refractivity contribution in [2.75, 3.05) is 7.11 Å². The van der Waals surface area contributed by atoms with Crippen LogP contribution in [0.3, 0.4) is 0 Å². The molecule has 1 aromatic rings. The van der Waals surface area contributed by atoms with Crippen LogP contribution in [0.15, 0.2) is 10.9 Å². The SMILES string of the molecule is COC(=O)[C@@H](C)NCc1cscn1. The summed E-state index contributed by atoms with van der Waals surface area (Å²) < 4.78 is 4.56. The van der Waals surface area contributed by atoms with Crippen LogP contribution in [0.2, 0.25) is 0 Å². The molecule has 72 valence electrons. The van der Waals surface area contributed by atoms with E-state index in [1.807, 2.05) is 5.38 Å². The first-order valence-electron chi connectivity index (χ1n) is 3.92. The van der Waals surface area contributed by atoms with Crippen LogP contribution >= 0.6 is 11.3 Å². The molecule has 1 heterocycles. The van der Waals surface area contributed by atoms with E-state index in [4.69, 9.17) is 0 Å². The lowest BCUT2D eigenvalue weighted by molar-refractivity contribution is -0.142. The first-order valence-corrected chi connectivity index (χ1v) is 4.86. The number of aromatic nitrogens is 1. The third-order valence-electron chi connectivity index (χ3n) is 1.63. The molecule has 0 bridgehead atoms. The number of esters is 1. The molecule has 0 saturated heterocycles. The fraction of sp³-hybridized carbons (Fsp3) is 0.500. The van der Waals surface area contributed by atoms with Gasteiger partial charge in [-0.05, 0) is 6.92 Å². The molecule has 0 aliphatic rings. The van der Waals surface area contributed by atoms with E-state index in [0.717, 1.165) is 5.69 Å². The van der Waals surface area contributed by atoms with Gasteiger partial charge in [0.25, 0.3) is 0 Å². The second-order valence-corrected chi connectivity index (χ2v) is 3.32. The maximum absolute atomic E-state index is 11.0. The molecule has 0 unspecified atom stereocenters. The predicted molar refractivity (Wildman–Crippen MR) is 50.4 cm³/mol. The number of nitrogens with one attached hydrogen (secondary N) is 1. The molecule has 1 aromatic heterocycles. The van der Waals surface area contributed by atoms with Crippen LogP contribution in [-0.2, 0) is 16.1 Å². The van der Waals surface area contributed by atoms with Crippen molar-refractivity contribution in [2.45, 2.75) is 19.5 Å². The summed E-state index contributed by atoms with van der Waals surface area (Å²) in [7, 11) is 1.38. The van der Waals surface area contributed by atoms with Crippen LogP contribution in [0.5, 0.6) is 0 Å². The van der Waals surface area contributed by atoms with Gasteiger partial charge in [-0.15, -0.1) is 11.3 Å². The van der Waals surface area contributed by atoms with Gasteiger partial charge < -0.3 is 4.74 Å². The number of nitrogens with zero attached hydrogens (tertiary/aromatic N) is 1. The molecule has 0 spiro atoms. The Morgan fingerprint density at radius 3 is 3.15 bits per heavy atom. The monoisotopic (exact) mass is 200 g/mol. The van der Waals surface area contributed by atoms with Gasteiger partial charge in [0.1, 0.15) is 6.04 Å². The minimum atomic E-state index is -0.285. The van der Waals surface area contributed by atoms with Gasteiger partial charge in [0.15, 0.2) is 0 Å². The first kappa shape index (κ1) is 10.1. The Morgan fingerprint density at radius 1 is 1.85 bits per heavy atom. The van der Waals surface area contributed by atoms with Crippen LogP contribution in [0, 0.1) is 0 Å². The van der Waals surface area contributed by atoms with Crippen LogP contribution in [0.1, 0.15) is 12.6 Å². The van der Waals surface area contributed by atoms with Gasteiger partial charge in [0.05, 0.1) is 18.3 Å². The largest absolute Gasteiger partial charge is 0.468 e. The third-order valence-corrected chi connectivity index (χ3v) is 2.26. The van der Waals surface area contributed by atoms with Crippen molar-refractivity contribution in [1.82, 2.24) is 10.3 Å². The minimum Gasteiger partial charge on any atom is -0.468 e. The van der Waals surface area contributed by atoms with Gasteiger partial charge in [-0.1, -0.05) is 0 Å². The van der Waals surface area contributed by atoms with Gasteiger partial charge in [-0.3, -0.25) is 10.1 Å². The summed E-state index contributed by atoms with van der Waals surface area (Å²) in [6.45, 7) is 2.36. The molecule has 0 saturated carbocycles. The van der Waals surface area contributed by atoms with E-state index in [-0.39, 0.29) is 12.0 Å². The highest BCUT2D eigenvalue weighted by Gasteiger charge is 2.11. The Balaban J connectivity index is 2.30. The molecular formula is C8H12N2O2S. The van der Waals surface area contributed by atoms with Crippen molar-refractivity contribution in [3.05, 3.63) is 16.6 Å². The van der Waals surface area contributed by atoms with Crippen molar-refractivity contribution in [3.63, 3.8) is 0 Å².